The Morgan fingerprint density at radius 3 is 2.85 bits per heavy atom. The van der Waals surface area contributed by atoms with Crippen LogP contribution in [0.3, 0.4) is 0 Å². The Bertz CT molecular complexity index is 758. The summed E-state index contributed by atoms with van der Waals surface area (Å²) >= 11 is 1.61. The van der Waals surface area contributed by atoms with E-state index in [1.807, 2.05) is 30.3 Å². The van der Waals surface area contributed by atoms with E-state index < -0.39 is 0 Å². The number of aryl methyl sites for hydroxylation is 1. The number of carbonyl (C=O) groups excluding carboxylic acids is 1. The number of hydrogen-bond acceptors (Lipinski definition) is 5. The SMILES string of the molecule is C=CCSc1nnc(CCC(=O)NCc2ccccc2OC)n1CC(C)C. The second-order valence-electron chi connectivity index (χ2n) is 6.59. The molecule has 1 aromatic heterocycles. The highest BCUT2D eigenvalue weighted by Crippen LogP contribution is 2.20. The molecule has 0 saturated carbocycles. The van der Waals surface area contributed by atoms with Gasteiger partial charge in [0.15, 0.2) is 5.16 Å². The molecule has 27 heavy (non-hydrogen) atoms. The molecular formula is C20H28N4O2S. The molecule has 0 aliphatic heterocycles. The van der Waals surface area contributed by atoms with Crippen molar-refractivity contribution in [2.24, 2.45) is 5.92 Å². The maximum Gasteiger partial charge on any atom is 0.220 e. The van der Waals surface area contributed by atoms with Crippen molar-refractivity contribution >= 4 is 17.7 Å². The van der Waals surface area contributed by atoms with Gasteiger partial charge in [0.05, 0.1) is 7.11 Å². The molecule has 0 fully saturated rings. The van der Waals surface area contributed by atoms with Crippen LogP contribution in [0.1, 0.15) is 31.7 Å². The van der Waals surface area contributed by atoms with Gasteiger partial charge in [0.1, 0.15) is 11.6 Å². The average molecular weight is 389 g/mol. The first-order valence-electron chi connectivity index (χ1n) is 9.09. The van der Waals surface area contributed by atoms with Crippen molar-refractivity contribution in [2.75, 3.05) is 12.9 Å². The number of ether oxygens (including phenoxy) is 1. The molecule has 0 unspecified atom stereocenters. The largest absolute Gasteiger partial charge is 0.496 e. The van der Waals surface area contributed by atoms with Gasteiger partial charge in [0.25, 0.3) is 0 Å². The van der Waals surface area contributed by atoms with Gasteiger partial charge in [-0.05, 0) is 12.0 Å². The van der Waals surface area contributed by atoms with Crippen LogP contribution < -0.4 is 10.1 Å². The third-order valence-electron chi connectivity index (χ3n) is 3.92. The molecule has 0 saturated heterocycles. The lowest BCUT2D eigenvalue weighted by Crippen LogP contribution is -2.24. The summed E-state index contributed by atoms with van der Waals surface area (Å²) in [5.41, 5.74) is 0.958. The normalized spacial score (nSPS) is 10.8. The van der Waals surface area contributed by atoms with Crippen molar-refractivity contribution < 1.29 is 9.53 Å². The van der Waals surface area contributed by atoms with E-state index in [1.165, 1.54) is 0 Å². The van der Waals surface area contributed by atoms with E-state index in [1.54, 1.807) is 18.9 Å². The molecule has 1 amide bonds. The summed E-state index contributed by atoms with van der Waals surface area (Å²) in [5.74, 6) is 2.87. The Kier molecular flexibility index (Phi) is 8.39. The van der Waals surface area contributed by atoms with Crippen LogP contribution in [0.2, 0.25) is 0 Å². The zero-order chi connectivity index (χ0) is 19.6. The molecule has 0 aliphatic rings. The third-order valence-corrected chi connectivity index (χ3v) is 4.88. The molecule has 2 rings (SSSR count). The first-order valence-corrected chi connectivity index (χ1v) is 10.1. The van der Waals surface area contributed by atoms with Crippen molar-refractivity contribution in [1.29, 1.82) is 0 Å². The van der Waals surface area contributed by atoms with Crippen LogP contribution in [0.5, 0.6) is 5.75 Å². The number of benzene rings is 1. The number of carbonyl (C=O) groups is 1. The lowest BCUT2D eigenvalue weighted by molar-refractivity contribution is -0.121. The second kappa shape index (κ2) is 10.8. The summed E-state index contributed by atoms with van der Waals surface area (Å²) < 4.78 is 7.43. The van der Waals surface area contributed by atoms with Crippen LogP contribution in [0.25, 0.3) is 0 Å². The number of thioether (sulfide) groups is 1. The fourth-order valence-electron chi connectivity index (χ4n) is 2.65. The van der Waals surface area contributed by atoms with Gasteiger partial charge in [0, 0.05) is 37.2 Å². The molecule has 0 spiro atoms. The number of aromatic nitrogens is 3. The van der Waals surface area contributed by atoms with Crippen molar-refractivity contribution in [3.8, 4) is 5.75 Å². The van der Waals surface area contributed by atoms with Crippen molar-refractivity contribution in [2.45, 2.75) is 44.9 Å². The first kappa shape index (κ1) is 21.0. The van der Waals surface area contributed by atoms with Gasteiger partial charge in [-0.25, -0.2) is 0 Å². The van der Waals surface area contributed by atoms with Gasteiger partial charge in [-0.2, -0.15) is 0 Å². The number of nitrogens with zero attached hydrogens (tertiary/aromatic N) is 3. The summed E-state index contributed by atoms with van der Waals surface area (Å²) in [6.07, 6.45) is 2.79. The first-order chi connectivity index (χ1) is 13.0. The van der Waals surface area contributed by atoms with Gasteiger partial charge >= 0.3 is 0 Å². The number of methoxy groups -OCH3 is 1. The predicted octanol–water partition coefficient (Wildman–Crippen LogP) is 3.47. The standard InChI is InChI=1S/C20H28N4O2S/c1-5-12-27-20-23-22-18(24(20)14-15(2)3)10-11-19(25)21-13-16-8-6-7-9-17(16)26-4/h5-9,15H,1,10-14H2,2-4H3,(H,21,25). The number of para-hydroxylation sites is 1. The molecule has 2 aromatic rings. The Labute approximate surface area is 165 Å². The van der Waals surface area contributed by atoms with Crippen LogP contribution in [0.4, 0.5) is 0 Å². The summed E-state index contributed by atoms with van der Waals surface area (Å²) in [6, 6.07) is 7.67. The molecule has 1 aromatic carbocycles. The topological polar surface area (TPSA) is 69.0 Å². The summed E-state index contributed by atoms with van der Waals surface area (Å²) in [7, 11) is 1.63. The highest BCUT2D eigenvalue weighted by Gasteiger charge is 2.15. The lowest BCUT2D eigenvalue weighted by atomic mass is 10.2. The fraction of sp³-hybridized carbons (Fsp3) is 0.450. The highest BCUT2D eigenvalue weighted by atomic mass is 32.2. The minimum Gasteiger partial charge on any atom is -0.496 e. The lowest BCUT2D eigenvalue weighted by Gasteiger charge is -2.12. The second-order valence-corrected chi connectivity index (χ2v) is 7.58. The molecule has 1 heterocycles. The van der Waals surface area contributed by atoms with Gasteiger partial charge < -0.3 is 14.6 Å². The van der Waals surface area contributed by atoms with E-state index in [-0.39, 0.29) is 5.91 Å². The zero-order valence-electron chi connectivity index (χ0n) is 16.3. The number of rotatable bonds is 11. The molecule has 7 heteroatoms. The third kappa shape index (κ3) is 6.43. The highest BCUT2D eigenvalue weighted by molar-refractivity contribution is 7.99. The van der Waals surface area contributed by atoms with Crippen LogP contribution in [0, 0.1) is 5.92 Å². The Morgan fingerprint density at radius 1 is 1.37 bits per heavy atom. The predicted molar refractivity (Wildman–Crippen MR) is 109 cm³/mol. The van der Waals surface area contributed by atoms with Crippen molar-refractivity contribution in [3.63, 3.8) is 0 Å². The van der Waals surface area contributed by atoms with E-state index in [2.05, 4.69) is 40.5 Å². The van der Waals surface area contributed by atoms with Crippen LogP contribution in [-0.2, 0) is 24.3 Å². The molecule has 0 aliphatic carbocycles. The number of nitrogens with one attached hydrogen (secondary N) is 1. The minimum atomic E-state index is -0.0136. The Hall–Kier alpha value is -2.28. The monoisotopic (exact) mass is 388 g/mol. The minimum absolute atomic E-state index is 0.0136. The maximum absolute atomic E-state index is 12.3. The van der Waals surface area contributed by atoms with Crippen LogP contribution in [0.15, 0.2) is 42.1 Å². The Balaban J connectivity index is 1.93. The van der Waals surface area contributed by atoms with Gasteiger partial charge in [-0.1, -0.05) is 49.9 Å². The summed E-state index contributed by atoms with van der Waals surface area (Å²) in [5, 5.41) is 12.4. The zero-order valence-corrected chi connectivity index (χ0v) is 17.1. The quantitative estimate of drug-likeness (QED) is 0.471. The molecule has 6 nitrogen and oxygen atoms in total. The molecule has 146 valence electrons. The molecule has 0 atom stereocenters. The van der Waals surface area contributed by atoms with E-state index in [9.17, 15) is 4.79 Å². The van der Waals surface area contributed by atoms with Gasteiger partial charge in [-0.15, -0.1) is 16.8 Å². The van der Waals surface area contributed by atoms with Crippen molar-refractivity contribution in [1.82, 2.24) is 20.1 Å². The van der Waals surface area contributed by atoms with Gasteiger partial charge in [-0.3, -0.25) is 4.79 Å². The van der Waals surface area contributed by atoms with Crippen LogP contribution >= 0.6 is 11.8 Å². The van der Waals surface area contributed by atoms with E-state index in [0.717, 1.165) is 34.6 Å². The fourth-order valence-corrected chi connectivity index (χ4v) is 3.35. The Morgan fingerprint density at radius 2 is 2.15 bits per heavy atom. The molecule has 0 bridgehead atoms. The molecular weight excluding hydrogens is 360 g/mol. The molecule has 0 radical (unpaired) electrons. The smallest absolute Gasteiger partial charge is 0.220 e. The summed E-state index contributed by atoms with van der Waals surface area (Å²) in [6.45, 7) is 9.35. The van der Waals surface area contributed by atoms with Crippen LogP contribution in [-0.4, -0.2) is 33.5 Å². The average Bonchev–Trinajstić information content (AvgIpc) is 3.04. The summed E-state index contributed by atoms with van der Waals surface area (Å²) in [4.78, 5) is 12.3. The number of hydrogen-bond donors (Lipinski definition) is 1. The maximum atomic E-state index is 12.3. The van der Waals surface area contributed by atoms with Gasteiger partial charge in [0.2, 0.25) is 5.91 Å². The van der Waals surface area contributed by atoms with E-state index >= 15 is 0 Å². The number of amides is 1. The van der Waals surface area contributed by atoms with Crippen molar-refractivity contribution in [3.05, 3.63) is 48.3 Å². The van der Waals surface area contributed by atoms with E-state index in [4.69, 9.17) is 4.74 Å². The van der Waals surface area contributed by atoms with E-state index in [0.29, 0.717) is 25.3 Å². The molecule has 1 N–H and O–H groups in total.